The molecule has 1 aliphatic carbocycles. The van der Waals surface area contributed by atoms with Gasteiger partial charge in [-0.05, 0) is 31.0 Å². The molecule has 1 fully saturated rings. The van der Waals surface area contributed by atoms with Gasteiger partial charge in [-0.2, -0.15) is 13.2 Å². The lowest BCUT2D eigenvalue weighted by atomic mass is 10.1. The van der Waals surface area contributed by atoms with Crippen molar-refractivity contribution in [3.63, 3.8) is 0 Å². The van der Waals surface area contributed by atoms with Crippen LogP contribution < -0.4 is 5.32 Å². The Morgan fingerprint density at radius 3 is 2.26 bits per heavy atom. The molecule has 0 spiro atoms. The number of hydrogen-bond donors (Lipinski definition) is 1. The topological polar surface area (TPSA) is 63.2 Å². The molecule has 0 atom stereocenters. The lowest BCUT2D eigenvalue weighted by molar-refractivity contribution is -0.137. The van der Waals surface area contributed by atoms with Gasteiger partial charge in [0.2, 0.25) is 5.91 Å². The number of benzene rings is 1. The van der Waals surface area contributed by atoms with Gasteiger partial charge in [0.1, 0.15) is 5.82 Å². The molecule has 0 aromatic heterocycles. The molecule has 0 aliphatic heterocycles. The van der Waals surface area contributed by atoms with Crippen molar-refractivity contribution in [2.75, 3.05) is 11.6 Å². The van der Waals surface area contributed by atoms with Gasteiger partial charge in [0, 0.05) is 6.26 Å². The Balaban J connectivity index is 2.37. The van der Waals surface area contributed by atoms with Crippen LogP contribution in [0, 0.1) is 5.82 Å². The van der Waals surface area contributed by atoms with E-state index in [0.717, 1.165) is 6.26 Å². The maximum Gasteiger partial charge on any atom is 0.416 e. The van der Waals surface area contributed by atoms with Crippen LogP contribution in [0.4, 0.5) is 23.2 Å². The van der Waals surface area contributed by atoms with Gasteiger partial charge in [-0.25, -0.2) is 12.8 Å². The molecule has 9 heteroatoms. The number of anilines is 1. The van der Waals surface area contributed by atoms with Gasteiger partial charge >= 0.3 is 6.18 Å². The van der Waals surface area contributed by atoms with Gasteiger partial charge in [0.05, 0.1) is 11.3 Å². The van der Waals surface area contributed by atoms with Crippen molar-refractivity contribution in [1.82, 2.24) is 0 Å². The average molecular weight is 353 g/mol. The predicted molar refractivity (Wildman–Crippen MR) is 76.1 cm³/mol. The zero-order valence-corrected chi connectivity index (χ0v) is 13.0. The number of alkyl halides is 3. The van der Waals surface area contributed by atoms with E-state index in [4.69, 9.17) is 0 Å². The molecule has 0 radical (unpaired) electrons. The zero-order valence-electron chi connectivity index (χ0n) is 12.2. The summed E-state index contributed by atoms with van der Waals surface area (Å²) >= 11 is 0. The Morgan fingerprint density at radius 2 is 1.78 bits per heavy atom. The van der Waals surface area contributed by atoms with E-state index in [2.05, 4.69) is 0 Å². The quantitative estimate of drug-likeness (QED) is 0.849. The number of carbonyl (C=O) groups is 1. The van der Waals surface area contributed by atoms with Crippen LogP contribution in [0.5, 0.6) is 0 Å². The summed E-state index contributed by atoms with van der Waals surface area (Å²) in [5.41, 5.74) is -1.81. The average Bonchev–Trinajstić information content (AvgIpc) is 2.90. The lowest BCUT2D eigenvalue weighted by Crippen LogP contribution is -2.47. The molecule has 0 saturated heterocycles. The molecule has 1 amide bonds. The van der Waals surface area contributed by atoms with Crippen molar-refractivity contribution in [2.45, 2.75) is 36.6 Å². The first-order valence-corrected chi connectivity index (χ1v) is 8.74. The van der Waals surface area contributed by atoms with Gasteiger partial charge in [0.15, 0.2) is 14.6 Å². The van der Waals surface area contributed by atoms with Crippen LogP contribution in [-0.4, -0.2) is 25.3 Å². The minimum atomic E-state index is -4.70. The first kappa shape index (κ1) is 17.7. The first-order valence-electron chi connectivity index (χ1n) is 6.85. The van der Waals surface area contributed by atoms with Crippen molar-refractivity contribution in [3.8, 4) is 0 Å². The Bertz CT molecular complexity index is 722. The van der Waals surface area contributed by atoms with Crippen molar-refractivity contribution < 1.29 is 30.8 Å². The van der Waals surface area contributed by atoms with E-state index >= 15 is 0 Å². The van der Waals surface area contributed by atoms with E-state index in [1.54, 1.807) is 0 Å². The number of rotatable bonds is 3. The summed E-state index contributed by atoms with van der Waals surface area (Å²) in [4.78, 5) is 12.4. The van der Waals surface area contributed by atoms with Gasteiger partial charge in [-0.15, -0.1) is 0 Å². The molecule has 2 rings (SSSR count). The third kappa shape index (κ3) is 3.34. The van der Waals surface area contributed by atoms with Crippen LogP contribution >= 0.6 is 0 Å². The van der Waals surface area contributed by atoms with Crippen molar-refractivity contribution in [3.05, 3.63) is 29.6 Å². The summed E-state index contributed by atoms with van der Waals surface area (Å²) in [6.45, 7) is 0. The highest BCUT2D eigenvalue weighted by Gasteiger charge is 2.50. The van der Waals surface area contributed by atoms with Crippen LogP contribution in [-0.2, 0) is 20.8 Å². The Kier molecular flexibility index (Phi) is 4.44. The molecule has 1 N–H and O–H groups in total. The summed E-state index contributed by atoms with van der Waals surface area (Å²) < 4.78 is 73.9. The third-order valence-corrected chi connectivity index (χ3v) is 6.09. The van der Waals surface area contributed by atoms with Crippen molar-refractivity contribution >= 4 is 21.4 Å². The van der Waals surface area contributed by atoms with Crippen LogP contribution in [0.15, 0.2) is 18.2 Å². The molecule has 23 heavy (non-hydrogen) atoms. The van der Waals surface area contributed by atoms with Crippen molar-refractivity contribution in [2.24, 2.45) is 0 Å². The normalized spacial score (nSPS) is 18.0. The minimum Gasteiger partial charge on any atom is -0.322 e. The maximum atomic E-state index is 13.7. The molecule has 0 unspecified atom stereocenters. The van der Waals surface area contributed by atoms with E-state index in [1.807, 2.05) is 5.32 Å². The molecule has 0 heterocycles. The molecule has 1 saturated carbocycles. The molecule has 1 aliphatic rings. The standard InChI is InChI=1S/C14H15F4NO3S/c1-23(21,22)13(6-2-3-7-13)12(20)19-11-8-9(14(16,17)18)4-5-10(11)15/h4-5,8H,2-3,6-7H2,1H3,(H,19,20). The minimum absolute atomic E-state index is 0.0677. The maximum absolute atomic E-state index is 13.7. The van der Waals surface area contributed by atoms with Gasteiger partial charge < -0.3 is 5.32 Å². The monoisotopic (exact) mass is 353 g/mol. The van der Waals surface area contributed by atoms with E-state index < -0.39 is 43.7 Å². The smallest absolute Gasteiger partial charge is 0.322 e. The second-order valence-corrected chi connectivity index (χ2v) is 7.95. The van der Waals surface area contributed by atoms with Crippen molar-refractivity contribution in [1.29, 1.82) is 0 Å². The Labute approximate surface area is 130 Å². The third-order valence-electron chi connectivity index (χ3n) is 4.08. The highest BCUT2D eigenvalue weighted by Crippen LogP contribution is 2.38. The molecule has 0 bridgehead atoms. The SMILES string of the molecule is CS(=O)(=O)C1(C(=O)Nc2cc(C(F)(F)F)ccc2F)CCCC1. The highest BCUT2D eigenvalue weighted by molar-refractivity contribution is 7.92. The number of nitrogens with one attached hydrogen (secondary N) is 1. The molecule has 1 aromatic carbocycles. The Hall–Kier alpha value is -1.64. The molecule has 4 nitrogen and oxygen atoms in total. The van der Waals surface area contributed by atoms with Crippen LogP contribution in [0.2, 0.25) is 0 Å². The summed E-state index contributed by atoms with van der Waals surface area (Å²) in [7, 11) is -3.79. The summed E-state index contributed by atoms with van der Waals surface area (Å²) in [5.74, 6) is -2.05. The van der Waals surface area contributed by atoms with Gasteiger partial charge in [-0.3, -0.25) is 4.79 Å². The van der Waals surface area contributed by atoms with Gasteiger partial charge in [-0.1, -0.05) is 12.8 Å². The number of amides is 1. The molecular weight excluding hydrogens is 338 g/mol. The second-order valence-electron chi connectivity index (χ2n) is 5.62. The van der Waals surface area contributed by atoms with Crippen LogP contribution in [0.3, 0.4) is 0 Å². The lowest BCUT2D eigenvalue weighted by Gasteiger charge is -2.25. The van der Waals surface area contributed by atoms with E-state index in [-0.39, 0.29) is 12.8 Å². The number of hydrogen-bond acceptors (Lipinski definition) is 3. The van der Waals surface area contributed by atoms with Crippen LogP contribution in [0.1, 0.15) is 31.2 Å². The Morgan fingerprint density at radius 1 is 1.22 bits per heavy atom. The summed E-state index contributed by atoms with van der Waals surface area (Å²) in [6, 6.07) is 1.59. The van der Waals surface area contributed by atoms with E-state index in [1.165, 1.54) is 0 Å². The fourth-order valence-corrected chi connectivity index (χ4v) is 4.16. The highest BCUT2D eigenvalue weighted by atomic mass is 32.2. The number of halogens is 4. The number of sulfone groups is 1. The number of carbonyl (C=O) groups excluding carboxylic acids is 1. The van der Waals surface area contributed by atoms with E-state index in [9.17, 15) is 30.8 Å². The first-order chi connectivity index (χ1) is 10.5. The molecular formula is C14H15F4NO3S. The van der Waals surface area contributed by atoms with Gasteiger partial charge in [0.25, 0.3) is 0 Å². The fraction of sp³-hybridized carbons (Fsp3) is 0.500. The predicted octanol–water partition coefficient (Wildman–Crippen LogP) is 3.14. The van der Waals surface area contributed by atoms with E-state index in [0.29, 0.717) is 31.0 Å². The fourth-order valence-electron chi connectivity index (χ4n) is 2.75. The second kappa shape index (κ2) is 5.77. The van der Waals surface area contributed by atoms with Crippen LogP contribution in [0.25, 0.3) is 0 Å². The summed E-state index contributed by atoms with van der Waals surface area (Å²) in [5, 5.41) is 2.02. The molecule has 1 aromatic rings. The summed E-state index contributed by atoms with van der Waals surface area (Å²) in [6.07, 6.45) is -2.65. The largest absolute Gasteiger partial charge is 0.416 e. The zero-order chi connectivity index (χ0) is 17.5. The molecule has 128 valence electrons.